The van der Waals surface area contributed by atoms with Crippen molar-refractivity contribution in [1.82, 2.24) is 14.9 Å². The Hall–Kier alpha value is -3.19. The first kappa shape index (κ1) is 21.5. The second kappa shape index (κ2) is 8.67. The number of amides is 1. The molecule has 0 bridgehead atoms. The van der Waals surface area contributed by atoms with Crippen molar-refractivity contribution in [3.8, 4) is 6.07 Å². The number of methoxy groups -OCH3 is 1. The molecular formula is C20H20F3N5O2. The van der Waals surface area contributed by atoms with Gasteiger partial charge < -0.3 is 14.5 Å². The number of hydrogen-bond donors (Lipinski definition) is 0. The number of carbonyl (C=O) groups is 1. The predicted octanol–water partition coefficient (Wildman–Crippen LogP) is 2.65. The van der Waals surface area contributed by atoms with Crippen molar-refractivity contribution < 1.29 is 22.7 Å². The van der Waals surface area contributed by atoms with Crippen LogP contribution in [0.25, 0.3) is 0 Å². The van der Waals surface area contributed by atoms with Crippen molar-refractivity contribution in [3.63, 3.8) is 0 Å². The first-order chi connectivity index (χ1) is 14.2. The lowest BCUT2D eigenvalue weighted by molar-refractivity contribution is -0.137. The Balaban J connectivity index is 1.85. The molecule has 7 nitrogen and oxygen atoms in total. The van der Waals surface area contributed by atoms with Gasteiger partial charge in [-0.3, -0.25) is 9.78 Å². The molecule has 1 atom stereocenters. The number of ether oxygens (including phenoxy) is 1. The highest BCUT2D eigenvalue weighted by atomic mass is 19.4. The number of carbonyl (C=O) groups excluding carboxylic acids is 1. The van der Waals surface area contributed by atoms with Crippen molar-refractivity contribution in [2.45, 2.75) is 19.1 Å². The van der Waals surface area contributed by atoms with E-state index >= 15 is 0 Å². The number of anilines is 1. The van der Waals surface area contributed by atoms with Gasteiger partial charge in [0.2, 0.25) is 0 Å². The second-order valence-electron chi connectivity index (χ2n) is 6.94. The summed E-state index contributed by atoms with van der Waals surface area (Å²) in [6.45, 7) is 2.84. The monoisotopic (exact) mass is 419 g/mol. The fraction of sp³-hybridized carbons (Fsp3) is 0.400. The van der Waals surface area contributed by atoms with Gasteiger partial charge in [-0.2, -0.15) is 18.4 Å². The van der Waals surface area contributed by atoms with E-state index in [9.17, 15) is 18.0 Å². The standard InChI is InChI=1S/C20H20F3N5O2/c1-13-9-26-18(10-25-13)19(29)27-5-6-28(16(11-27)12-30-2)15-4-3-14(8-24)17(7-15)20(21,22)23/h3-4,7,9-10,16H,5-6,11-12H2,1-2H3. The average molecular weight is 419 g/mol. The summed E-state index contributed by atoms with van der Waals surface area (Å²) in [7, 11) is 1.49. The molecular weight excluding hydrogens is 399 g/mol. The molecule has 0 aliphatic carbocycles. The van der Waals surface area contributed by atoms with Crippen LogP contribution in [0.1, 0.15) is 27.3 Å². The molecule has 10 heteroatoms. The van der Waals surface area contributed by atoms with Crippen LogP contribution in [0, 0.1) is 18.3 Å². The minimum Gasteiger partial charge on any atom is -0.382 e. The molecule has 0 N–H and O–H groups in total. The van der Waals surface area contributed by atoms with Crippen LogP contribution < -0.4 is 4.90 Å². The number of nitriles is 1. The summed E-state index contributed by atoms with van der Waals surface area (Å²) in [5.41, 5.74) is -0.183. The fourth-order valence-electron chi connectivity index (χ4n) is 3.42. The lowest BCUT2D eigenvalue weighted by atomic mass is 10.0. The first-order valence-corrected chi connectivity index (χ1v) is 9.19. The number of hydrogen-bond acceptors (Lipinski definition) is 6. The minimum absolute atomic E-state index is 0.211. The first-order valence-electron chi connectivity index (χ1n) is 9.19. The quantitative estimate of drug-likeness (QED) is 0.758. The van der Waals surface area contributed by atoms with Gasteiger partial charge in [0.05, 0.1) is 41.7 Å². The number of halogens is 3. The van der Waals surface area contributed by atoms with Crippen LogP contribution in [0.3, 0.4) is 0 Å². The molecule has 1 saturated heterocycles. The summed E-state index contributed by atoms with van der Waals surface area (Å²) in [5, 5.41) is 9.00. The van der Waals surface area contributed by atoms with Crippen LogP contribution in [0.5, 0.6) is 0 Å². The number of benzene rings is 1. The Bertz CT molecular complexity index is 956. The van der Waals surface area contributed by atoms with Gasteiger partial charge in [-0.15, -0.1) is 0 Å². The molecule has 1 fully saturated rings. The zero-order valence-corrected chi connectivity index (χ0v) is 16.5. The highest BCUT2D eigenvalue weighted by molar-refractivity contribution is 5.92. The molecule has 30 heavy (non-hydrogen) atoms. The smallest absolute Gasteiger partial charge is 0.382 e. The Morgan fingerprint density at radius 3 is 2.67 bits per heavy atom. The topological polar surface area (TPSA) is 82.3 Å². The average Bonchev–Trinajstić information content (AvgIpc) is 2.73. The third-order valence-corrected chi connectivity index (χ3v) is 4.89. The number of rotatable bonds is 4. The highest BCUT2D eigenvalue weighted by Gasteiger charge is 2.36. The van der Waals surface area contributed by atoms with Crippen LogP contribution in [0.4, 0.5) is 18.9 Å². The van der Waals surface area contributed by atoms with E-state index in [-0.39, 0.29) is 30.8 Å². The maximum atomic E-state index is 13.4. The number of aromatic nitrogens is 2. The molecule has 1 aromatic carbocycles. The number of piperazine rings is 1. The normalized spacial score (nSPS) is 17.0. The second-order valence-corrected chi connectivity index (χ2v) is 6.94. The molecule has 0 saturated carbocycles. The Morgan fingerprint density at radius 2 is 2.07 bits per heavy atom. The number of nitrogens with zero attached hydrogens (tertiary/aromatic N) is 5. The van der Waals surface area contributed by atoms with Gasteiger partial charge >= 0.3 is 6.18 Å². The summed E-state index contributed by atoms with van der Waals surface area (Å²) in [4.78, 5) is 24.3. The van der Waals surface area contributed by atoms with E-state index in [2.05, 4.69) is 9.97 Å². The largest absolute Gasteiger partial charge is 0.417 e. The molecule has 1 aliphatic heterocycles. The van der Waals surface area contributed by atoms with Gasteiger partial charge in [-0.05, 0) is 25.1 Å². The lowest BCUT2D eigenvalue weighted by Crippen LogP contribution is -2.56. The Kier molecular flexibility index (Phi) is 6.22. The van der Waals surface area contributed by atoms with Gasteiger partial charge in [-0.25, -0.2) is 4.98 Å². The van der Waals surface area contributed by atoms with Gasteiger partial charge in [0.1, 0.15) is 5.69 Å². The SMILES string of the molecule is COCC1CN(C(=O)c2cnc(C)cn2)CCN1c1ccc(C#N)c(C(F)(F)F)c1. The molecule has 0 spiro atoms. The van der Waals surface area contributed by atoms with Crippen molar-refractivity contribution in [3.05, 3.63) is 53.1 Å². The highest BCUT2D eigenvalue weighted by Crippen LogP contribution is 2.35. The number of aryl methyl sites for hydroxylation is 1. The summed E-state index contributed by atoms with van der Waals surface area (Å²) < 4.78 is 45.3. The Morgan fingerprint density at radius 1 is 1.30 bits per heavy atom. The summed E-state index contributed by atoms with van der Waals surface area (Å²) in [6, 6.07) is 4.85. The molecule has 2 heterocycles. The molecule has 2 aromatic rings. The fourth-order valence-corrected chi connectivity index (χ4v) is 3.42. The number of alkyl halides is 3. The van der Waals surface area contributed by atoms with E-state index in [0.717, 1.165) is 6.07 Å². The summed E-state index contributed by atoms with van der Waals surface area (Å²) >= 11 is 0. The Labute approximate surface area is 171 Å². The van der Waals surface area contributed by atoms with Crippen LogP contribution in [0.15, 0.2) is 30.6 Å². The van der Waals surface area contributed by atoms with Gasteiger partial charge in [0.15, 0.2) is 0 Å². The van der Waals surface area contributed by atoms with E-state index in [4.69, 9.17) is 10.00 Å². The third-order valence-electron chi connectivity index (χ3n) is 4.89. The van der Waals surface area contributed by atoms with E-state index in [1.807, 2.05) is 0 Å². The predicted molar refractivity (Wildman–Crippen MR) is 102 cm³/mol. The van der Waals surface area contributed by atoms with Crippen LogP contribution in [-0.4, -0.2) is 60.2 Å². The van der Waals surface area contributed by atoms with Crippen molar-refractivity contribution in [2.75, 3.05) is 38.3 Å². The molecule has 1 amide bonds. The van der Waals surface area contributed by atoms with Gasteiger partial charge in [0.25, 0.3) is 5.91 Å². The van der Waals surface area contributed by atoms with E-state index in [1.165, 1.54) is 31.6 Å². The molecule has 158 valence electrons. The zero-order chi connectivity index (χ0) is 21.9. The van der Waals surface area contributed by atoms with E-state index < -0.39 is 17.3 Å². The maximum absolute atomic E-state index is 13.4. The van der Waals surface area contributed by atoms with Crippen LogP contribution in [0.2, 0.25) is 0 Å². The lowest BCUT2D eigenvalue weighted by Gasteiger charge is -2.42. The summed E-state index contributed by atoms with van der Waals surface area (Å²) in [6.07, 6.45) is -1.73. The molecule has 1 unspecified atom stereocenters. The van der Waals surface area contributed by atoms with E-state index in [1.54, 1.807) is 22.8 Å². The van der Waals surface area contributed by atoms with Crippen molar-refractivity contribution in [1.29, 1.82) is 5.26 Å². The summed E-state index contributed by atoms with van der Waals surface area (Å²) in [5.74, 6) is -0.293. The molecule has 1 aromatic heterocycles. The van der Waals surface area contributed by atoms with Crippen molar-refractivity contribution in [2.24, 2.45) is 0 Å². The molecule has 0 radical (unpaired) electrons. The van der Waals surface area contributed by atoms with Gasteiger partial charge in [-0.1, -0.05) is 0 Å². The van der Waals surface area contributed by atoms with Crippen LogP contribution in [-0.2, 0) is 10.9 Å². The zero-order valence-electron chi connectivity index (χ0n) is 16.5. The molecule has 1 aliphatic rings. The maximum Gasteiger partial charge on any atom is 0.417 e. The van der Waals surface area contributed by atoms with Gasteiger partial charge in [0, 0.05) is 38.6 Å². The minimum atomic E-state index is -4.64. The third kappa shape index (κ3) is 4.52. The van der Waals surface area contributed by atoms with Crippen molar-refractivity contribution >= 4 is 11.6 Å². The molecule has 3 rings (SSSR count). The van der Waals surface area contributed by atoms with Crippen LogP contribution >= 0.6 is 0 Å². The van der Waals surface area contributed by atoms with E-state index in [0.29, 0.717) is 24.5 Å².